The van der Waals surface area contributed by atoms with E-state index in [1.54, 1.807) is 0 Å². The zero-order chi connectivity index (χ0) is 15.6. The zero-order valence-corrected chi connectivity index (χ0v) is 10.7. The number of hydrogen-bond donors (Lipinski definition) is 0. The van der Waals surface area contributed by atoms with E-state index in [0.717, 1.165) is 31.4 Å². The van der Waals surface area contributed by atoms with Gasteiger partial charge in [-0.05, 0) is 24.3 Å². The molecule has 1 aromatic heterocycles. The van der Waals surface area contributed by atoms with Crippen molar-refractivity contribution < 1.29 is 31.9 Å². The first kappa shape index (κ1) is 14.8. The van der Waals surface area contributed by atoms with Crippen LogP contribution in [0.4, 0.5) is 13.2 Å². The molecule has 110 valence electrons. The normalized spacial score (nSPS) is 11.2. The SMILES string of the molecule is COC(=O)c1ccc(C(=O)c2ccc(C(F)(F)F)cc2)o1. The molecule has 2 rings (SSSR count). The number of rotatable bonds is 3. The number of esters is 1. The molecule has 21 heavy (non-hydrogen) atoms. The minimum Gasteiger partial charge on any atom is -0.463 e. The fourth-order valence-electron chi connectivity index (χ4n) is 1.62. The van der Waals surface area contributed by atoms with Gasteiger partial charge in [0.2, 0.25) is 11.5 Å². The van der Waals surface area contributed by atoms with Gasteiger partial charge < -0.3 is 9.15 Å². The molecular formula is C14H9F3O4. The highest BCUT2D eigenvalue weighted by Crippen LogP contribution is 2.29. The van der Waals surface area contributed by atoms with Gasteiger partial charge in [-0.3, -0.25) is 4.79 Å². The quantitative estimate of drug-likeness (QED) is 0.644. The summed E-state index contributed by atoms with van der Waals surface area (Å²) in [6, 6.07) is 6.21. The van der Waals surface area contributed by atoms with E-state index < -0.39 is 23.5 Å². The molecule has 0 fully saturated rings. The minimum atomic E-state index is -4.47. The molecule has 0 unspecified atom stereocenters. The molecule has 0 amide bonds. The summed E-state index contributed by atoms with van der Waals surface area (Å²) in [5.41, 5.74) is -0.831. The maximum absolute atomic E-state index is 12.4. The predicted octanol–water partition coefficient (Wildman–Crippen LogP) is 3.32. The summed E-state index contributed by atoms with van der Waals surface area (Å²) >= 11 is 0. The zero-order valence-electron chi connectivity index (χ0n) is 10.7. The van der Waals surface area contributed by atoms with Gasteiger partial charge in [0, 0.05) is 5.56 Å². The summed E-state index contributed by atoms with van der Waals surface area (Å²) in [6.45, 7) is 0. The highest BCUT2D eigenvalue weighted by atomic mass is 19.4. The number of halogens is 3. The molecule has 0 aliphatic rings. The van der Waals surface area contributed by atoms with Crippen LogP contribution in [0, 0.1) is 0 Å². The Hall–Kier alpha value is -2.57. The van der Waals surface area contributed by atoms with Crippen molar-refractivity contribution in [2.75, 3.05) is 7.11 Å². The molecule has 7 heteroatoms. The highest BCUT2D eigenvalue weighted by Gasteiger charge is 2.30. The molecule has 0 saturated carbocycles. The van der Waals surface area contributed by atoms with Gasteiger partial charge in [-0.25, -0.2) is 4.79 Å². The molecule has 0 atom stereocenters. The van der Waals surface area contributed by atoms with Gasteiger partial charge in [-0.1, -0.05) is 12.1 Å². The van der Waals surface area contributed by atoms with Gasteiger partial charge in [-0.2, -0.15) is 13.2 Å². The lowest BCUT2D eigenvalue weighted by Crippen LogP contribution is -2.06. The molecule has 0 N–H and O–H groups in total. The fraction of sp³-hybridized carbons (Fsp3) is 0.143. The maximum atomic E-state index is 12.4. The lowest BCUT2D eigenvalue weighted by molar-refractivity contribution is -0.137. The Morgan fingerprint density at radius 2 is 1.57 bits per heavy atom. The Labute approximate surface area is 117 Å². The summed E-state index contributed by atoms with van der Waals surface area (Å²) in [5.74, 6) is -1.69. The molecule has 0 aliphatic carbocycles. The standard InChI is InChI=1S/C14H9F3O4/c1-20-13(19)11-7-6-10(21-11)12(18)8-2-4-9(5-3-8)14(15,16)17/h2-7H,1H3. The lowest BCUT2D eigenvalue weighted by atomic mass is 10.1. The second kappa shape index (κ2) is 5.43. The molecule has 0 saturated heterocycles. The van der Waals surface area contributed by atoms with Gasteiger partial charge in [-0.15, -0.1) is 0 Å². The first-order valence-electron chi connectivity index (χ1n) is 5.73. The Bertz CT molecular complexity index is 668. The molecule has 1 aromatic carbocycles. The van der Waals surface area contributed by atoms with E-state index in [4.69, 9.17) is 4.42 Å². The van der Waals surface area contributed by atoms with Crippen LogP contribution in [-0.4, -0.2) is 18.9 Å². The monoisotopic (exact) mass is 298 g/mol. The van der Waals surface area contributed by atoms with E-state index in [1.165, 1.54) is 12.1 Å². The number of ether oxygens (including phenoxy) is 1. The van der Waals surface area contributed by atoms with Crippen LogP contribution in [0.3, 0.4) is 0 Å². The van der Waals surface area contributed by atoms with Crippen LogP contribution in [0.5, 0.6) is 0 Å². The number of carbonyl (C=O) groups excluding carboxylic acids is 2. The van der Waals surface area contributed by atoms with Crippen LogP contribution >= 0.6 is 0 Å². The van der Waals surface area contributed by atoms with Gasteiger partial charge >= 0.3 is 12.1 Å². The van der Waals surface area contributed by atoms with Crippen LogP contribution in [0.15, 0.2) is 40.8 Å². The molecule has 2 aromatic rings. The van der Waals surface area contributed by atoms with Crippen LogP contribution in [-0.2, 0) is 10.9 Å². The van der Waals surface area contributed by atoms with E-state index in [2.05, 4.69) is 4.74 Å². The third-order valence-corrected chi connectivity index (χ3v) is 2.69. The second-order valence-electron chi connectivity index (χ2n) is 4.06. The van der Waals surface area contributed by atoms with E-state index in [-0.39, 0.29) is 17.1 Å². The second-order valence-corrected chi connectivity index (χ2v) is 4.06. The molecular weight excluding hydrogens is 289 g/mol. The number of benzene rings is 1. The largest absolute Gasteiger partial charge is 0.463 e. The fourth-order valence-corrected chi connectivity index (χ4v) is 1.62. The van der Waals surface area contributed by atoms with Crippen LogP contribution in [0.25, 0.3) is 0 Å². The number of hydrogen-bond acceptors (Lipinski definition) is 4. The Kier molecular flexibility index (Phi) is 3.84. The summed E-state index contributed by atoms with van der Waals surface area (Å²) in [4.78, 5) is 23.2. The van der Waals surface area contributed by atoms with Crippen molar-refractivity contribution >= 4 is 11.8 Å². The molecule has 4 nitrogen and oxygen atoms in total. The van der Waals surface area contributed by atoms with Crippen molar-refractivity contribution in [3.05, 3.63) is 59.0 Å². The summed E-state index contributed by atoms with van der Waals surface area (Å²) < 4.78 is 46.7. The first-order valence-corrected chi connectivity index (χ1v) is 5.73. The third-order valence-electron chi connectivity index (χ3n) is 2.69. The molecule has 1 heterocycles. The summed E-state index contributed by atoms with van der Waals surface area (Å²) in [6.07, 6.45) is -4.47. The number of carbonyl (C=O) groups is 2. The lowest BCUT2D eigenvalue weighted by Gasteiger charge is -2.06. The summed E-state index contributed by atoms with van der Waals surface area (Å²) in [7, 11) is 1.15. The Morgan fingerprint density at radius 3 is 2.10 bits per heavy atom. The van der Waals surface area contributed by atoms with Crippen molar-refractivity contribution in [2.24, 2.45) is 0 Å². The van der Waals surface area contributed by atoms with Crippen molar-refractivity contribution in [3.8, 4) is 0 Å². The average Bonchev–Trinajstić information content (AvgIpc) is 2.94. The predicted molar refractivity (Wildman–Crippen MR) is 64.9 cm³/mol. The topological polar surface area (TPSA) is 56.5 Å². The molecule has 0 aliphatic heterocycles. The van der Waals surface area contributed by atoms with Gasteiger partial charge in [0.15, 0.2) is 5.76 Å². The molecule has 0 bridgehead atoms. The van der Waals surface area contributed by atoms with Crippen LogP contribution in [0.2, 0.25) is 0 Å². The third kappa shape index (κ3) is 3.13. The van der Waals surface area contributed by atoms with E-state index in [1.807, 2.05) is 0 Å². The number of methoxy groups -OCH3 is 1. The highest BCUT2D eigenvalue weighted by molar-refractivity contribution is 6.07. The minimum absolute atomic E-state index is 0.0220. The van der Waals surface area contributed by atoms with Gasteiger partial charge in [0.05, 0.1) is 12.7 Å². The maximum Gasteiger partial charge on any atom is 0.416 e. The average molecular weight is 298 g/mol. The van der Waals surface area contributed by atoms with Crippen molar-refractivity contribution in [1.82, 2.24) is 0 Å². The van der Waals surface area contributed by atoms with Crippen molar-refractivity contribution in [2.45, 2.75) is 6.18 Å². The Balaban J connectivity index is 2.24. The van der Waals surface area contributed by atoms with Crippen LogP contribution in [0.1, 0.15) is 32.2 Å². The van der Waals surface area contributed by atoms with Crippen molar-refractivity contribution in [1.29, 1.82) is 0 Å². The number of ketones is 1. The van der Waals surface area contributed by atoms with E-state index >= 15 is 0 Å². The first-order chi connectivity index (χ1) is 9.82. The number of furan rings is 1. The van der Waals surface area contributed by atoms with Crippen molar-refractivity contribution in [3.63, 3.8) is 0 Å². The van der Waals surface area contributed by atoms with E-state index in [9.17, 15) is 22.8 Å². The van der Waals surface area contributed by atoms with Gasteiger partial charge in [0.1, 0.15) is 0 Å². The Morgan fingerprint density at radius 1 is 1.00 bits per heavy atom. The molecule has 0 radical (unpaired) electrons. The smallest absolute Gasteiger partial charge is 0.416 e. The van der Waals surface area contributed by atoms with E-state index in [0.29, 0.717) is 0 Å². The summed E-state index contributed by atoms with van der Waals surface area (Å²) in [5, 5.41) is 0. The number of alkyl halides is 3. The molecule has 0 spiro atoms. The van der Waals surface area contributed by atoms with Crippen LogP contribution < -0.4 is 0 Å². The van der Waals surface area contributed by atoms with Gasteiger partial charge in [0.25, 0.3) is 0 Å².